The normalized spacial score (nSPS) is 10.5. The van der Waals surface area contributed by atoms with Crippen molar-refractivity contribution >= 4 is 0 Å². The van der Waals surface area contributed by atoms with E-state index in [0.717, 1.165) is 41.4 Å². The molecule has 1 aromatic carbocycles. The molecule has 0 aliphatic heterocycles. The number of rotatable bonds is 9. The fourth-order valence-corrected chi connectivity index (χ4v) is 2.34. The largest absolute Gasteiger partial charge is 0.493 e. The van der Waals surface area contributed by atoms with E-state index in [4.69, 9.17) is 13.9 Å². The second-order valence-electron chi connectivity index (χ2n) is 4.90. The van der Waals surface area contributed by atoms with Crippen molar-refractivity contribution in [3.8, 4) is 11.5 Å². The topological polar surface area (TPSA) is 43.6 Å². The molecule has 1 heterocycles. The van der Waals surface area contributed by atoms with Gasteiger partial charge in [-0.05, 0) is 37.1 Å². The number of nitrogens with one attached hydrogen (secondary N) is 1. The molecule has 2 aromatic rings. The van der Waals surface area contributed by atoms with Crippen LogP contribution < -0.4 is 14.8 Å². The SMILES string of the molecule is C=CCc1cc(CNCc2ccco2)cc(OC)c1OCC. The summed E-state index contributed by atoms with van der Waals surface area (Å²) in [6.07, 6.45) is 4.30. The summed E-state index contributed by atoms with van der Waals surface area (Å²) in [5.74, 6) is 2.49. The Morgan fingerprint density at radius 1 is 1.32 bits per heavy atom. The molecule has 0 radical (unpaired) electrons. The molecular weight excluding hydrogens is 278 g/mol. The third-order valence-corrected chi connectivity index (χ3v) is 3.27. The van der Waals surface area contributed by atoms with Gasteiger partial charge in [0.25, 0.3) is 0 Å². The minimum Gasteiger partial charge on any atom is -0.493 e. The van der Waals surface area contributed by atoms with Crippen LogP contribution in [0.5, 0.6) is 11.5 Å². The van der Waals surface area contributed by atoms with Crippen LogP contribution in [0.2, 0.25) is 0 Å². The highest BCUT2D eigenvalue weighted by Crippen LogP contribution is 2.33. The van der Waals surface area contributed by atoms with Crippen molar-refractivity contribution in [2.75, 3.05) is 13.7 Å². The van der Waals surface area contributed by atoms with Crippen LogP contribution in [0.3, 0.4) is 0 Å². The number of hydrogen-bond donors (Lipinski definition) is 1. The Kier molecular flexibility index (Phi) is 6.10. The van der Waals surface area contributed by atoms with Crippen molar-refractivity contribution in [2.24, 2.45) is 0 Å². The molecule has 0 unspecified atom stereocenters. The molecule has 0 saturated carbocycles. The summed E-state index contributed by atoms with van der Waals surface area (Å²) in [4.78, 5) is 0. The molecule has 0 aliphatic carbocycles. The number of hydrogen-bond acceptors (Lipinski definition) is 4. The van der Waals surface area contributed by atoms with Gasteiger partial charge < -0.3 is 19.2 Å². The van der Waals surface area contributed by atoms with Crippen LogP contribution in [0.1, 0.15) is 23.8 Å². The summed E-state index contributed by atoms with van der Waals surface area (Å²) in [5.41, 5.74) is 2.23. The van der Waals surface area contributed by atoms with Gasteiger partial charge >= 0.3 is 0 Å². The molecule has 0 bridgehead atoms. The Balaban J connectivity index is 2.12. The molecule has 2 rings (SSSR count). The molecule has 0 fully saturated rings. The van der Waals surface area contributed by atoms with Crippen molar-refractivity contribution < 1.29 is 13.9 Å². The highest BCUT2D eigenvalue weighted by atomic mass is 16.5. The zero-order chi connectivity index (χ0) is 15.8. The van der Waals surface area contributed by atoms with Crippen LogP contribution >= 0.6 is 0 Å². The van der Waals surface area contributed by atoms with Crippen LogP contribution in [0.15, 0.2) is 47.6 Å². The molecule has 0 saturated heterocycles. The molecule has 4 heteroatoms. The number of allylic oxidation sites excluding steroid dienone is 1. The highest BCUT2D eigenvalue weighted by molar-refractivity contribution is 5.50. The van der Waals surface area contributed by atoms with Crippen molar-refractivity contribution in [1.29, 1.82) is 0 Å². The first-order chi connectivity index (χ1) is 10.8. The van der Waals surface area contributed by atoms with E-state index >= 15 is 0 Å². The lowest BCUT2D eigenvalue weighted by Crippen LogP contribution is -2.13. The Bertz CT molecular complexity index is 591. The Morgan fingerprint density at radius 2 is 2.18 bits per heavy atom. The molecule has 22 heavy (non-hydrogen) atoms. The van der Waals surface area contributed by atoms with Gasteiger partial charge in [0, 0.05) is 12.1 Å². The quantitative estimate of drug-likeness (QED) is 0.717. The predicted octanol–water partition coefficient (Wildman–Crippen LogP) is 3.71. The zero-order valence-electron chi connectivity index (χ0n) is 13.2. The lowest BCUT2D eigenvalue weighted by atomic mass is 10.1. The van der Waals surface area contributed by atoms with Crippen LogP contribution in [0, 0.1) is 0 Å². The Hall–Kier alpha value is -2.20. The van der Waals surface area contributed by atoms with E-state index in [0.29, 0.717) is 13.2 Å². The average Bonchev–Trinajstić information content (AvgIpc) is 3.03. The first-order valence-electron chi connectivity index (χ1n) is 7.45. The van der Waals surface area contributed by atoms with E-state index in [1.807, 2.05) is 31.2 Å². The first-order valence-corrected chi connectivity index (χ1v) is 7.45. The predicted molar refractivity (Wildman–Crippen MR) is 87.3 cm³/mol. The number of benzene rings is 1. The second-order valence-corrected chi connectivity index (χ2v) is 4.90. The fourth-order valence-electron chi connectivity index (χ4n) is 2.34. The van der Waals surface area contributed by atoms with Gasteiger partial charge in [0.05, 0.1) is 26.5 Å². The maximum Gasteiger partial charge on any atom is 0.164 e. The maximum absolute atomic E-state index is 5.72. The average molecular weight is 301 g/mol. The smallest absolute Gasteiger partial charge is 0.164 e. The lowest BCUT2D eigenvalue weighted by Gasteiger charge is -2.16. The van der Waals surface area contributed by atoms with E-state index < -0.39 is 0 Å². The third-order valence-electron chi connectivity index (χ3n) is 3.27. The van der Waals surface area contributed by atoms with Gasteiger partial charge in [-0.1, -0.05) is 12.1 Å². The van der Waals surface area contributed by atoms with Gasteiger partial charge in [-0.2, -0.15) is 0 Å². The van der Waals surface area contributed by atoms with E-state index in [1.165, 1.54) is 0 Å². The minimum absolute atomic E-state index is 0.608. The van der Waals surface area contributed by atoms with Crippen molar-refractivity contribution in [3.63, 3.8) is 0 Å². The van der Waals surface area contributed by atoms with Crippen molar-refractivity contribution in [2.45, 2.75) is 26.4 Å². The molecule has 0 amide bonds. The van der Waals surface area contributed by atoms with Gasteiger partial charge in [-0.15, -0.1) is 6.58 Å². The summed E-state index contributed by atoms with van der Waals surface area (Å²) < 4.78 is 16.5. The van der Waals surface area contributed by atoms with E-state index in [-0.39, 0.29) is 0 Å². The van der Waals surface area contributed by atoms with Crippen LogP contribution in [0.25, 0.3) is 0 Å². The Morgan fingerprint density at radius 3 is 2.82 bits per heavy atom. The van der Waals surface area contributed by atoms with Gasteiger partial charge in [-0.25, -0.2) is 0 Å². The molecule has 1 aromatic heterocycles. The maximum atomic E-state index is 5.72. The summed E-state index contributed by atoms with van der Waals surface area (Å²) in [5, 5.41) is 3.36. The monoisotopic (exact) mass is 301 g/mol. The van der Waals surface area contributed by atoms with E-state index in [2.05, 4.69) is 18.0 Å². The van der Waals surface area contributed by atoms with Gasteiger partial charge in [-0.3, -0.25) is 0 Å². The lowest BCUT2D eigenvalue weighted by molar-refractivity contribution is 0.308. The first kappa shape index (κ1) is 16.2. The van der Waals surface area contributed by atoms with E-state index in [1.54, 1.807) is 13.4 Å². The number of furan rings is 1. The highest BCUT2D eigenvalue weighted by Gasteiger charge is 2.12. The summed E-state index contributed by atoms with van der Waals surface area (Å²) >= 11 is 0. The second kappa shape index (κ2) is 8.29. The van der Waals surface area contributed by atoms with Gasteiger partial charge in [0.1, 0.15) is 5.76 Å². The molecule has 0 spiro atoms. The Labute approximate surface area is 131 Å². The number of ether oxygens (including phenoxy) is 2. The molecule has 1 N–H and O–H groups in total. The van der Waals surface area contributed by atoms with Crippen molar-refractivity contribution in [1.82, 2.24) is 5.32 Å². The number of methoxy groups -OCH3 is 1. The van der Waals surface area contributed by atoms with Crippen molar-refractivity contribution in [3.05, 3.63) is 60.1 Å². The van der Waals surface area contributed by atoms with Gasteiger partial charge in [0.15, 0.2) is 11.5 Å². The summed E-state index contributed by atoms with van der Waals surface area (Å²) in [7, 11) is 1.66. The molecule has 118 valence electrons. The molecular formula is C18H23NO3. The van der Waals surface area contributed by atoms with Crippen LogP contribution in [0.4, 0.5) is 0 Å². The molecule has 4 nitrogen and oxygen atoms in total. The summed E-state index contributed by atoms with van der Waals surface area (Å²) in [6, 6.07) is 7.98. The molecule has 0 atom stereocenters. The summed E-state index contributed by atoms with van der Waals surface area (Å²) in [6.45, 7) is 7.81. The van der Waals surface area contributed by atoms with Crippen LogP contribution in [-0.4, -0.2) is 13.7 Å². The minimum atomic E-state index is 0.608. The zero-order valence-corrected chi connectivity index (χ0v) is 13.2. The molecule has 0 aliphatic rings. The van der Waals surface area contributed by atoms with Gasteiger partial charge in [0.2, 0.25) is 0 Å². The van der Waals surface area contributed by atoms with E-state index in [9.17, 15) is 0 Å². The standard InChI is InChI=1S/C18H23NO3/c1-4-7-15-10-14(11-17(20-3)18(15)21-5-2)12-19-13-16-8-6-9-22-16/h4,6,8-11,19H,1,5,7,12-13H2,2-3H3. The van der Waals surface area contributed by atoms with Crippen LogP contribution in [-0.2, 0) is 19.5 Å². The fraction of sp³-hybridized carbons (Fsp3) is 0.333. The third kappa shape index (κ3) is 4.15.